The molecule has 1 unspecified atom stereocenters. The highest BCUT2D eigenvalue weighted by atomic mass is 16.5. The van der Waals surface area contributed by atoms with Crippen molar-refractivity contribution >= 4 is 17.6 Å². The molecule has 0 aliphatic rings. The Morgan fingerprint density at radius 2 is 1.79 bits per heavy atom. The van der Waals surface area contributed by atoms with Gasteiger partial charge in [-0.2, -0.15) is 0 Å². The zero-order valence-electron chi connectivity index (χ0n) is 15.2. The molecule has 8 nitrogen and oxygen atoms in total. The summed E-state index contributed by atoms with van der Waals surface area (Å²) in [4.78, 5) is 26.8. The maximum atomic E-state index is 12.4. The van der Waals surface area contributed by atoms with Gasteiger partial charge in [-0.3, -0.25) is 4.79 Å². The summed E-state index contributed by atoms with van der Waals surface area (Å²) in [5.74, 6) is -2.02. The van der Waals surface area contributed by atoms with Crippen LogP contribution in [0.25, 0.3) is 4.98 Å². The first kappa shape index (κ1) is 20.6. The van der Waals surface area contributed by atoms with E-state index in [1.165, 1.54) is 0 Å². The van der Waals surface area contributed by atoms with Crippen molar-refractivity contribution in [3.05, 3.63) is 82.2 Å². The summed E-state index contributed by atoms with van der Waals surface area (Å²) in [7, 11) is 0. The Hall–Kier alpha value is -3.70. The highest BCUT2D eigenvalue weighted by molar-refractivity contribution is 6.04. The molecule has 0 saturated heterocycles. The molecule has 1 atom stereocenters. The number of carbonyl (C=O) groups is 2. The van der Waals surface area contributed by atoms with Gasteiger partial charge in [0.2, 0.25) is 5.39 Å². The normalized spacial score (nSPS) is 12.3. The fourth-order valence-electron chi connectivity index (χ4n) is 2.49. The quantitative estimate of drug-likeness (QED) is 0.291. The van der Waals surface area contributed by atoms with Crippen LogP contribution in [0.2, 0.25) is 0 Å². The van der Waals surface area contributed by atoms with Gasteiger partial charge in [-0.1, -0.05) is 36.4 Å². The first-order chi connectivity index (χ1) is 13.5. The number of ether oxygens (including phenoxy) is 1. The third-order valence-corrected chi connectivity index (χ3v) is 3.83. The fraction of sp³-hybridized carbons (Fsp3) is 0.200. The van der Waals surface area contributed by atoms with Crippen LogP contribution in [-0.4, -0.2) is 28.7 Å². The van der Waals surface area contributed by atoms with E-state index in [4.69, 9.17) is 5.39 Å². The summed E-state index contributed by atoms with van der Waals surface area (Å²) < 4.78 is 4.68. The molecule has 0 spiro atoms. The van der Waals surface area contributed by atoms with Crippen molar-refractivity contribution in [2.75, 3.05) is 11.9 Å². The number of esters is 1. The first-order valence-electron chi connectivity index (χ1n) is 8.55. The number of anilines is 1. The van der Waals surface area contributed by atoms with Gasteiger partial charge in [-0.15, -0.1) is 0 Å². The number of para-hydroxylation sites is 1. The van der Waals surface area contributed by atoms with Gasteiger partial charge in [0.15, 0.2) is 10.7 Å². The average Bonchev–Trinajstić information content (AvgIpc) is 2.69. The summed E-state index contributed by atoms with van der Waals surface area (Å²) in [6.45, 7) is 1.59. The van der Waals surface area contributed by atoms with Crippen molar-refractivity contribution in [1.29, 1.82) is 5.39 Å². The molecule has 2 aromatic rings. The zero-order chi connectivity index (χ0) is 20.5. The molecule has 0 aliphatic heterocycles. The molecule has 0 aliphatic carbocycles. The summed E-state index contributed by atoms with van der Waals surface area (Å²) in [5, 5.41) is 32.2. The monoisotopic (exact) mass is 382 g/mol. The van der Waals surface area contributed by atoms with Crippen LogP contribution >= 0.6 is 0 Å². The Balaban J connectivity index is 2.22. The minimum absolute atomic E-state index is 0.0298. The SMILES string of the molecule is CCOC(=O)/C([N+]#N)=C(\O)CC(O)c1ccccc1NC(=O)c1ccccc1. The molecule has 2 rings (SSSR count). The lowest BCUT2D eigenvalue weighted by Gasteiger charge is -2.15. The van der Waals surface area contributed by atoms with Crippen molar-refractivity contribution in [1.82, 2.24) is 0 Å². The van der Waals surface area contributed by atoms with Gasteiger partial charge in [-0.05, 0) is 25.1 Å². The summed E-state index contributed by atoms with van der Waals surface area (Å²) in [6.07, 6.45) is -1.70. The lowest BCUT2D eigenvalue weighted by atomic mass is 10.0. The Kier molecular flexibility index (Phi) is 7.25. The van der Waals surface area contributed by atoms with Crippen LogP contribution in [0.3, 0.4) is 0 Å². The van der Waals surface area contributed by atoms with E-state index >= 15 is 0 Å². The van der Waals surface area contributed by atoms with Crippen LogP contribution in [0.5, 0.6) is 0 Å². The van der Waals surface area contributed by atoms with Crippen LogP contribution in [0.4, 0.5) is 5.69 Å². The van der Waals surface area contributed by atoms with Gasteiger partial charge >= 0.3 is 11.7 Å². The standard InChI is InChI=1S/C20H19N3O5/c1-2-28-20(27)18(23-21)17(25)12-16(24)14-10-6-7-11-15(14)22-19(26)13-8-4-3-5-9-13/h3-11,16,24H,2,12H2,1H3,(H-,22,25,26,27)/p+1. The molecule has 8 heteroatoms. The van der Waals surface area contributed by atoms with E-state index in [2.05, 4.69) is 15.0 Å². The zero-order valence-corrected chi connectivity index (χ0v) is 15.2. The maximum absolute atomic E-state index is 12.4. The van der Waals surface area contributed by atoms with Crippen molar-refractivity contribution in [2.24, 2.45) is 0 Å². The second-order valence-corrected chi connectivity index (χ2v) is 5.74. The van der Waals surface area contributed by atoms with E-state index in [1.807, 2.05) is 0 Å². The van der Waals surface area contributed by atoms with Gasteiger partial charge in [0.1, 0.15) is 0 Å². The van der Waals surface area contributed by atoms with E-state index in [0.717, 1.165) is 0 Å². The van der Waals surface area contributed by atoms with Crippen molar-refractivity contribution in [3.63, 3.8) is 0 Å². The second kappa shape index (κ2) is 9.85. The van der Waals surface area contributed by atoms with Gasteiger partial charge in [-0.25, -0.2) is 4.79 Å². The Morgan fingerprint density at radius 1 is 1.14 bits per heavy atom. The molecule has 0 heterocycles. The van der Waals surface area contributed by atoms with Crippen molar-refractivity contribution < 1.29 is 24.5 Å². The van der Waals surface area contributed by atoms with Gasteiger partial charge < -0.3 is 20.3 Å². The maximum Gasteiger partial charge on any atom is 0.505 e. The molecule has 2 aromatic carbocycles. The largest absolute Gasteiger partial charge is 0.505 e. The van der Waals surface area contributed by atoms with E-state index in [-0.39, 0.29) is 12.5 Å². The number of carbonyl (C=O) groups excluding carboxylic acids is 2. The van der Waals surface area contributed by atoms with Crippen LogP contribution in [0.15, 0.2) is 66.1 Å². The topological polar surface area (TPSA) is 124 Å². The number of aliphatic hydroxyl groups excluding tert-OH is 2. The number of hydrogen-bond donors (Lipinski definition) is 3. The van der Waals surface area contributed by atoms with Crippen LogP contribution in [-0.2, 0) is 9.53 Å². The molecule has 0 saturated carbocycles. The highest BCUT2D eigenvalue weighted by Gasteiger charge is 2.32. The number of benzene rings is 2. The molecular formula is C20H20N3O5+. The molecule has 1 amide bonds. The number of nitrogens with zero attached hydrogens (tertiary/aromatic N) is 2. The first-order valence-corrected chi connectivity index (χ1v) is 8.55. The Bertz CT molecular complexity index is 919. The minimum atomic E-state index is -1.28. The molecule has 0 bridgehead atoms. The molecule has 0 fully saturated rings. The molecule has 144 valence electrons. The van der Waals surface area contributed by atoms with Crippen LogP contribution in [0, 0.1) is 5.39 Å². The lowest BCUT2D eigenvalue weighted by Crippen LogP contribution is -2.15. The molecule has 28 heavy (non-hydrogen) atoms. The summed E-state index contributed by atoms with van der Waals surface area (Å²) >= 11 is 0. The predicted molar refractivity (Wildman–Crippen MR) is 102 cm³/mol. The summed E-state index contributed by atoms with van der Waals surface area (Å²) in [6, 6.07) is 15.1. The van der Waals surface area contributed by atoms with Gasteiger partial charge in [0.05, 0.1) is 12.7 Å². The van der Waals surface area contributed by atoms with E-state index in [0.29, 0.717) is 16.8 Å². The lowest BCUT2D eigenvalue weighted by molar-refractivity contribution is -0.138. The van der Waals surface area contributed by atoms with Crippen molar-refractivity contribution in [3.8, 4) is 0 Å². The number of amides is 1. The van der Waals surface area contributed by atoms with Crippen LogP contribution < -0.4 is 5.32 Å². The van der Waals surface area contributed by atoms with E-state index < -0.39 is 30.0 Å². The highest BCUT2D eigenvalue weighted by Crippen LogP contribution is 2.28. The van der Waals surface area contributed by atoms with E-state index in [1.54, 1.807) is 61.5 Å². The van der Waals surface area contributed by atoms with E-state index in [9.17, 15) is 19.8 Å². The molecule has 0 radical (unpaired) electrons. The van der Waals surface area contributed by atoms with Gasteiger partial charge in [0, 0.05) is 23.2 Å². The number of rotatable bonds is 7. The third-order valence-electron chi connectivity index (χ3n) is 3.83. The summed E-state index contributed by atoms with van der Waals surface area (Å²) in [5.41, 5.74) is 0.416. The smallest absolute Gasteiger partial charge is 0.505 e. The van der Waals surface area contributed by atoms with Gasteiger partial charge in [0.25, 0.3) is 5.91 Å². The molecule has 3 N–H and O–H groups in total. The van der Waals surface area contributed by atoms with Crippen LogP contribution in [0.1, 0.15) is 35.4 Å². The average molecular weight is 382 g/mol. The van der Waals surface area contributed by atoms with Crippen molar-refractivity contribution in [2.45, 2.75) is 19.4 Å². The minimum Gasteiger partial charge on any atom is -0.505 e. The predicted octanol–water partition coefficient (Wildman–Crippen LogP) is 3.55. The second-order valence-electron chi connectivity index (χ2n) is 5.74. The number of nitrogens with one attached hydrogen (secondary N) is 1. The Morgan fingerprint density at radius 3 is 2.43 bits per heavy atom. The molecular weight excluding hydrogens is 362 g/mol. The number of diazo groups is 1. The fourth-order valence-corrected chi connectivity index (χ4v) is 2.49. The number of aliphatic hydroxyl groups is 2. The number of hydrogen-bond acceptors (Lipinski definition) is 6. The third kappa shape index (κ3) is 5.16. The molecule has 0 aromatic heterocycles. The Labute approximate surface area is 161 Å².